The molecule has 12 heavy (non-hydrogen) atoms. The van der Waals surface area contributed by atoms with E-state index >= 15 is 0 Å². The fourth-order valence-electron chi connectivity index (χ4n) is 0.902. The van der Waals surface area contributed by atoms with Crippen molar-refractivity contribution < 1.29 is 22.3 Å². The van der Waals surface area contributed by atoms with Crippen molar-refractivity contribution in [2.24, 2.45) is 0 Å². The molecule has 7 heteroatoms. The SMILES string of the molecule is O=S(=O)(O)O.[SiH3]C1CCCCO1. The first-order chi connectivity index (χ1) is 5.39. The standard InChI is InChI=1S/C5H12OSi.H2O4S/c7-5-3-1-2-4-6-5;1-5(2,3)4/h5H,1-4H2,7H3;(H2,1,2,3,4). The van der Waals surface area contributed by atoms with E-state index in [0.717, 1.165) is 6.61 Å². The molecule has 1 aliphatic rings. The third kappa shape index (κ3) is 12.7. The third-order valence-electron chi connectivity index (χ3n) is 1.41. The van der Waals surface area contributed by atoms with Gasteiger partial charge in [-0.05, 0) is 19.3 Å². The van der Waals surface area contributed by atoms with Gasteiger partial charge in [0.1, 0.15) is 0 Å². The van der Waals surface area contributed by atoms with E-state index in [9.17, 15) is 0 Å². The van der Waals surface area contributed by atoms with Crippen LogP contribution in [0.2, 0.25) is 0 Å². The molecule has 74 valence electrons. The lowest BCUT2D eigenvalue weighted by Crippen LogP contribution is -2.18. The van der Waals surface area contributed by atoms with Gasteiger partial charge in [-0.1, -0.05) is 0 Å². The molecule has 1 aliphatic heterocycles. The van der Waals surface area contributed by atoms with Crippen LogP contribution in [-0.2, 0) is 15.1 Å². The smallest absolute Gasteiger partial charge is 0.383 e. The lowest BCUT2D eigenvalue weighted by atomic mass is 10.2. The molecule has 0 aromatic heterocycles. The van der Waals surface area contributed by atoms with Crippen molar-refractivity contribution in [1.29, 1.82) is 0 Å². The molecule has 0 bridgehead atoms. The molecular formula is C5H14O5SSi. The van der Waals surface area contributed by atoms with E-state index in [1.165, 1.54) is 29.5 Å². The van der Waals surface area contributed by atoms with Crippen LogP contribution in [0.4, 0.5) is 0 Å². The average Bonchev–Trinajstić information content (AvgIpc) is 1.85. The van der Waals surface area contributed by atoms with Crippen LogP contribution in [0, 0.1) is 0 Å². The predicted molar refractivity (Wildman–Crippen MR) is 47.7 cm³/mol. The number of hydrogen-bond donors (Lipinski definition) is 2. The van der Waals surface area contributed by atoms with Gasteiger partial charge in [0.2, 0.25) is 0 Å². The monoisotopic (exact) mass is 214 g/mol. The quantitative estimate of drug-likeness (QED) is 0.408. The summed E-state index contributed by atoms with van der Waals surface area (Å²) in [6, 6.07) is 0. The van der Waals surface area contributed by atoms with Crippen molar-refractivity contribution in [3.63, 3.8) is 0 Å². The third-order valence-corrected chi connectivity index (χ3v) is 2.32. The Kier molecular flexibility index (Phi) is 5.67. The molecule has 0 amide bonds. The highest BCUT2D eigenvalue weighted by Gasteiger charge is 2.05. The topological polar surface area (TPSA) is 83.8 Å². The summed E-state index contributed by atoms with van der Waals surface area (Å²) in [5.74, 6) is 0. The highest BCUT2D eigenvalue weighted by molar-refractivity contribution is 7.79. The van der Waals surface area contributed by atoms with Gasteiger partial charge < -0.3 is 4.74 Å². The second-order valence-electron chi connectivity index (χ2n) is 2.63. The normalized spacial score (nSPS) is 24.3. The zero-order valence-electron chi connectivity index (χ0n) is 6.93. The number of rotatable bonds is 0. The first kappa shape index (κ1) is 12.0. The maximum absolute atomic E-state index is 8.74. The summed E-state index contributed by atoms with van der Waals surface area (Å²) < 4.78 is 36.9. The molecular weight excluding hydrogens is 200 g/mol. The molecule has 0 aromatic carbocycles. The van der Waals surface area contributed by atoms with E-state index in [1.807, 2.05) is 0 Å². The highest BCUT2D eigenvalue weighted by Crippen LogP contribution is 2.08. The van der Waals surface area contributed by atoms with Gasteiger partial charge in [0.25, 0.3) is 0 Å². The molecule has 5 nitrogen and oxygen atoms in total. The molecule has 1 unspecified atom stereocenters. The van der Waals surface area contributed by atoms with E-state index in [1.54, 1.807) is 0 Å². The molecule has 1 rings (SSSR count). The van der Waals surface area contributed by atoms with E-state index < -0.39 is 10.4 Å². The van der Waals surface area contributed by atoms with E-state index in [4.69, 9.17) is 22.3 Å². The fourth-order valence-corrected chi connectivity index (χ4v) is 1.55. The Bertz CT molecular complexity index is 188. The Labute approximate surface area is 75.1 Å². The van der Waals surface area contributed by atoms with Crippen LogP contribution >= 0.6 is 0 Å². The molecule has 1 atom stereocenters. The zero-order chi connectivity index (χ0) is 9.61. The van der Waals surface area contributed by atoms with Crippen molar-refractivity contribution in [1.82, 2.24) is 0 Å². The Morgan fingerprint density at radius 1 is 1.33 bits per heavy atom. The number of hydrogen-bond acceptors (Lipinski definition) is 3. The minimum Gasteiger partial charge on any atom is -0.383 e. The van der Waals surface area contributed by atoms with Gasteiger partial charge in [0.05, 0.1) is 0 Å². The predicted octanol–water partition coefficient (Wildman–Crippen LogP) is -0.774. The summed E-state index contributed by atoms with van der Waals surface area (Å²) in [6.07, 6.45) is 4.01. The zero-order valence-corrected chi connectivity index (χ0v) is 9.75. The first-order valence-corrected chi connectivity index (χ1v) is 6.26. The van der Waals surface area contributed by atoms with Crippen molar-refractivity contribution >= 4 is 20.6 Å². The van der Waals surface area contributed by atoms with Gasteiger partial charge >= 0.3 is 10.4 Å². The van der Waals surface area contributed by atoms with Crippen molar-refractivity contribution in [2.75, 3.05) is 6.61 Å². The summed E-state index contributed by atoms with van der Waals surface area (Å²) in [6.45, 7) is 1.02. The molecule has 0 aromatic rings. The van der Waals surface area contributed by atoms with Crippen LogP contribution < -0.4 is 0 Å². The second-order valence-corrected chi connectivity index (χ2v) is 4.81. The maximum Gasteiger partial charge on any atom is 0.394 e. The summed E-state index contributed by atoms with van der Waals surface area (Å²) >= 11 is 0. The van der Waals surface area contributed by atoms with Gasteiger partial charge in [-0.2, -0.15) is 8.42 Å². The van der Waals surface area contributed by atoms with Crippen LogP contribution in [0.5, 0.6) is 0 Å². The number of ether oxygens (including phenoxy) is 1. The Morgan fingerprint density at radius 2 is 1.83 bits per heavy atom. The molecule has 2 N–H and O–H groups in total. The van der Waals surface area contributed by atoms with Crippen LogP contribution in [-0.4, -0.2) is 40.1 Å². The van der Waals surface area contributed by atoms with E-state index in [-0.39, 0.29) is 0 Å². The maximum atomic E-state index is 8.74. The molecule has 0 saturated carbocycles. The lowest BCUT2D eigenvalue weighted by Gasteiger charge is -2.17. The minimum absolute atomic E-state index is 0.675. The van der Waals surface area contributed by atoms with Gasteiger partial charge in [-0.25, -0.2) is 0 Å². The Balaban J connectivity index is 0.000000217. The summed E-state index contributed by atoms with van der Waals surface area (Å²) in [5, 5.41) is 0. The molecule has 1 fully saturated rings. The van der Waals surface area contributed by atoms with Gasteiger partial charge in [0, 0.05) is 22.6 Å². The van der Waals surface area contributed by atoms with Gasteiger partial charge in [0.15, 0.2) is 0 Å². The fraction of sp³-hybridized carbons (Fsp3) is 1.00. The summed E-state index contributed by atoms with van der Waals surface area (Å²) in [5.41, 5.74) is 0.675. The van der Waals surface area contributed by atoms with Crippen LogP contribution in [0.3, 0.4) is 0 Å². The molecule has 0 aliphatic carbocycles. The van der Waals surface area contributed by atoms with Crippen LogP contribution in [0.25, 0.3) is 0 Å². The van der Waals surface area contributed by atoms with Crippen LogP contribution in [0.1, 0.15) is 19.3 Å². The van der Waals surface area contributed by atoms with Gasteiger partial charge in [-0.15, -0.1) is 0 Å². The second kappa shape index (κ2) is 5.65. The largest absolute Gasteiger partial charge is 0.394 e. The van der Waals surface area contributed by atoms with Crippen molar-refractivity contribution in [2.45, 2.75) is 25.0 Å². The average molecular weight is 214 g/mol. The van der Waals surface area contributed by atoms with E-state index in [2.05, 4.69) is 0 Å². The van der Waals surface area contributed by atoms with E-state index in [0.29, 0.717) is 5.73 Å². The first-order valence-electron chi connectivity index (χ1n) is 3.71. The molecule has 0 radical (unpaired) electrons. The van der Waals surface area contributed by atoms with Crippen molar-refractivity contribution in [3.8, 4) is 0 Å². The van der Waals surface area contributed by atoms with Crippen LogP contribution in [0.15, 0.2) is 0 Å². The summed E-state index contributed by atoms with van der Waals surface area (Å²) in [4.78, 5) is 0. The highest BCUT2D eigenvalue weighted by atomic mass is 32.3. The van der Waals surface area contributed by atoms with Gasteiger partial charge in [-0.3, -0.25) is 9.11 Å². The molecule has 1 heterocycles. The lowest BCUT2D eigenvalue weighted by molar-refractivity contribution is 0.0675. The molecule has 1 saturated heterocycles. The Hall–Kier alpha value is 0.0469. The molecule has 0 spiro atoms. The van der Waals surface area contributed by atoms with Crippen molar-refractivity contribution in [3.05, 3.63) is 0 Å². The summed E-state index contributed by atoms with van der Waals surface area (Å²) in [7, 11) is -3.44. The Morgan fingerprint density at radius 3 is 2.00 bits per heavy atom. The minimum atomic E-state index is -4.67.